The Bertz CT molecular complexity index is 921. The number of piperazine rings is 1. The molecule has 0 atom stereocenters. The van der Waals surface area contributed by atoms with Crippen LogP contribution in [0, 0.1) is 6.92 Å². The van der Waals surface area contributed by atoms with Gasteiger partial charge in [0.2, 0.25) is 10.0 Å². The third-order valence-corrected chi connectivity index (χ3v) is 7.71. The number of aliphatic carboxylic acids is 1. The van der Waals surface area contributed by atoms with Crippen molar-refractivity contribution in [3.8, 4) is 0 Å². The van der Waals surface area contributed by atoms with Gasteiger partial charge in [-0.1, -0.05) is 17.4 Å². The molecule has 2 heterocycles. The fourth-order valence-electron chi connectivity index (χ4n) is 2.82. The first kappa shape index (κ1) is 19.3. The highest BCUT2D eigenvalue weighted by Gasteiger charge is 2.29. The number of carboxylic acid groups (broad SMARTS) is 1. The smallest absolute Gasteiger partial charge is 0.307 e. The number of carbonyl (C=O) groups is 1. The van der Waals surface area contributed by atoms with Gasteiger partial charge in [-0.15, -0.1) is 0 Å². The predicted octanol–water partition coefficient (Wildman–Crippen LogP) is 2.35. The summed E-state index contributed by atoms with van der Waals surface area (Å²) in [7, 11) is -3.65. The lowest BCUT2D eigenvalue weighted by Crippen LogP contribution is -2.48. The first-order chi connectivity index (χ1) is 12.3. The van der Waals surface area contributed by atoms with Crippen LogP contribution in [0.1, 0.15) is 11.1 Å². The Morgan fingerprint density at radius 3 is 2.58 bits per heavy atom. The zero-order valence-corrected chi connectivity index (χ0v) is 17.3. The van der Waals surface area contributed by atoms with Crippen LogP contribution in [0.25, 0.3) is 0 Å². The Morgan fingerprint density at radius 2 is 2.00 bits per heavy atom. The maximum absolute atomic E-state index is 12.9. The van der Waals surface area contributed by atoms with Crippen molar-refractivity contribution in [3.05, 3.63) is 39.3 Å². The molecule has 1 aliphatic heterocycles. The molecule has 1 saturated heterocycles. The van der Waals surface area contributed by atoms with Crippen molar-refractivity contribution in [2.24, 2.45) is 0 Å². The van der Waals surface area contributed by atoms with Gasteiger partial charge in [0.1, 0.15) is 0 Å². The Kier molecular flexibility index (Phi) is 5.66. The van der Waals surface area contributed by atoms with Gasteiger partial charge in [-0.2, -0.15) is 4.31 Å². The number of aryl methyl sites for hydroxylation is 1. The molecule has 0 amide bonds. The predicted molar refractivity (Wildman–Crippen MR) is 103 cm³/mol. The molecular weight excluding hydrogens is 442 g/mol. The number of anilines is 1. The van der Waals surface area contributed by atoms with Crippen molar-refractivity contribution in [2.45, 2.75) is 18.2 Å². The summed E-state index contributed by atoms with van der Waals surface area (Å²) in [5, 5.41) is 9.87. The van der Waals surface area contributed by atoms with Crippen molar-refractivity contribution in [2.75, 3.05) is 31.1 Å². The zero-order valence-electron chi connectivity index (χ0n) is 14.1. The minimum absolute atomic E-state index is 0.143. The van der Waals surface area contributed by atoms with Crippen molar-refractivity contribution < 1.29 is 18.3 Å². The van der Waals surface area contributed by atoms with E-state index in [1.807, 2.05) is 0 Å². The summed E-state index contributed by atoms with van der Waals surface area (Å²) >= 11 is 4.90. The van der Waals surface area contributed by atoms with Crippen LogP contribution in [0.2, 0.25) is 0 Å². The van der Waals surface area contributed by atoms with Gasteiger partial charge < -0.3 is 10.0 Å². The summed E-state index contributed by atoms with van der Waals surface area (Å²) in [6, 6.07) is 4.68. The second-order valence-corrected chi connectivity index (χ2v) is 10.3. The van der Waals surface area contributed by atoms with E-state index in [1.54, 1.807) is 25.3 Å². The number of carboxylic acids is 1. The fourth-order valence-corrected chi connectivity index (χ4v) is 5.53. The number of sulfonamides is 1. The normalized spacial score (nSPS) is 16.0. The number of rotatable bonds is 5. The van der Waals surface area contributed by atoms with Crippen molar-refractivity contribution in [1.29, 1.82) is 0 Å². The van der Waals surface area contributed by atoms with E-state index in [0.717, 1.165) is 14.5 Å². The molecular formula is C16H18BrN3O4S2. The van der Waals surface area contributed by atoms with Crippen LogP contribution in [-0.4, -0.2) is 55.0 Å². The van der Waals surface area contributed by atoms with E-state index < -0.39 is 16.0 Å². The molecule has 0 unspecified atom stereocenters. The monoisotopic (exact) mass is 459 g/mol. The van der Waals surface area contributed by atoms with Crippen LogP contribution in [0.4, 0.5) is 5.13 Å². The summed E-state index contributed by atoms with van der Waals surface area (Å²) in [6.45, 7) is 3.63. The molecule has 26 heavy (non-hydrogen) atoms. The number of benzene rings is 1. The lowest BCUT2D eigenvalue weighted by molar-refractivity contribution is -0.136. The Balaban J connectivity index is 1.76. The molecule has 0 bridgehead atoms. The molecule has 0 spiro atoms. The molecule has 1 aliphatic rings. The molecule has 10 heteroatoms. The highest BCUT2D eigenvalue weighted by Crippen LogP contribution is 2.28. The Morgan fingerprint density at radius 1 is 1.31 bits per heavy atom. The van der Waals surface area contributed by atoms with Crippen LogP contribution >= 0.6 is 27.3 Å². The lowest BCUT2D eigenvalue weighted by Gasteiger charge is -2.33. The van der Waals surface area contributed by atoms with E-state index in [-0.39, 0.29) is 11.3 Å². The van der Waals surface area contributed by atoms with E-state index in [4.69, 9.17) is 5.11 Å². The number of hydrogen-bond donors (Lipinski definition) is 1. The third-order valence-electron chi connectivity index (χ3n) is 4.27. The molecule has 2 aromatic rings. The maximum atomic E-state index is 12.9. The van der Waals surface area contributed by atoms with Crippen LogP contribution in [0.5, 0.6) is 0 Å². The van der Waals surface area contributed by atoms with Gasteiger partial charge >= 0.3 is 5.97 Å². The summed E-state index contributed by atoms with van der Waals surface area (Å²) in [5.74, 6) is -0.981. The SMILES string of the molecule is Cc1ccc(S(=O)(=O)N2CCN(c3ncc(Br)s3)CC2)cc1CC(=O)O. The molecule has 0 aliphatic carbocycles. The molecule has 140 valence electrons. The Hall–Kier alpha value is -1.49. The van der Waals surface area contributed by atoms with Crippen molar-refractivity contribution in [3.63, 3.8) is 0 Å². The van der Waals surface area contributed by atoms with Gasteiger partial charge in [-0.3, -0.25) is 4.79 Å². The number of nitrogens with zero attached hydrogens (tertiary/aromatic N) is 3. The summed E-state index contributed by atoms with van der Waals surface area (Å²) in [6.07, 6.45) is 1.54. The maximum Gasteiger partial charge on any atom is 0.307 e. The minimum Gasteiger partial charge on any atom is -0.481 e. The van der Waals surface area contributed by atoms with E-state index in [0.29, 0.717) is 31.7 Å². The van der Waals surface area contributed by atoms with E-state index in [1.165, 1.54) is 21.7 Å². The highest BCUT2D eigenvalue weighted by molar-refractivity contribution is 9.11. The summed E-state index contributed by atoms with van der Waals surface area (Å²) in [4.78, 5) is 17.5. The minimum atomic E-state index is -3.65. The molecule has 1 aromatic heterocycles. The van der Waals surface area contributed by atoms with Crippen LogP contribution in [0.15, 0.2) is 33.1 Å². The van der Waals surface area contributed by atoms with E-state index in [2.05, 4.69) is 25.8 Å². The molecule has 7 nitrogen and oxygen atoms in total. The fraction of sp³-hybridized carbons (Fsp3) is 0.375. The van der Waals surface area contributed by atoms with Crippen molar-refractivity contribution >= 4 is 48.4 Å². The topological polar surface area (TPSA) is 90.8 Å². The number of hydrogen-bond acceptors (Lipinski definition) is 6. The van der Waals surface area contributed by atoms with E-state index >= 15 is 0 Å². The Labute approximate surface area is 164 Å². The molecule has 1 N–H and O–H groups in total. The zero-order chi connectivity index (χ0) is 18.9. The molecule has 1 aromatic carbocycles. The largest absolute Gasteiger partial charge is 0.481 e. The quantitative estimate of drug-likeness (QED) is 0.737. The van der Waals surface area contributed by atoms with Gasteiger partial charge in [-0.05, 0) is 46.1 Å². The summed E-state index contributed by atoms with van der Waals surface area (Å²) < 4.78 is 28.2. The standard InChI is InChI=1S/C16H18BrN3O4S2/c1-11-2-3-13(8-12(11)9-15(21)22)26(23,24)20-6-4-19(5-7-20)16-18-10-14(17)25-16/h2-3,8,10H,4-7,9H2,1H3,(H,21,22). The molecule has 1 fully saturated rings. The van der Waals surface area contributed by atoms with Crippen LogP contribution < -0.4 is 4.90 Å². The number of aromatic nitrogens is 1. The van der Waals surface area contributed by atoms with Gasteiger partial charge in [0.15, 0.2) is 5.13 Å². The number of halogens is 1. The number of thiazole rings is 1. The van der Waals surface area contributed by atoms with Gasteiger partial charge in [0, 0.05) is 26.2 Å². The average molecular weight is 460 g/mol. The van der Waals surface area contributed by atoms with Gasteiger partial charge in [0.25, 0.3) is 0 Å². The third kappa shape index (κ3) is 4.08. The van der Waals surface area contributed by atoms with Crippen LogP contribution in [-0.2, 0) is 21.2 Å². The molecule has 3 rings (SSSR count). The summed E-state index contributed by atoms with van der Waals surface area (Å²) in [5.41, 5.74) is 1.29. The van der Waals surface area contributed by atoms with Gasteiger partial charge in [-0.25, -0.2) is 13.4 Å². The van der Waals surface area contributed by atoms with Crippen LogP contribution in [0.3, 0.4) is 0 Å². The molecule has 0 radical (unpaired) electrons. The second-order valence-electron chi connectivity index (χ2n) is 6.00. The molecule has 0 saturated carbocycles. The average Bonchev–Trinajstić information content (AvgIpc) is 3.03. The first-order valence-corrected chi connectivity index (χ1v) is 11.0. The van der Waals surface area contributed by atoms with Gasteiger partial charge in [0.05, 0.1) is 21.3 Å². The first-order valence-electron chi connectivity index (χ1n) is 7.95. The van der Waals surface area contributed by atoms with Crippen molar-refractivity contribution in [1.82, 2.24) is 9.29 Å². The lowest BCUT2D eigenvalue weighted by atomic mass is 10.1. The van der Waals surface area contributed by atoms with E-state index in [9.17, 15) is 13.2 Å². The second kappa shape index (κ2) is 7.63. The highest BCUT2D eigenvalue weighted by atomic mass is 79.9.